The number of morpholine rings is 1. The lowest BCUT2D eigenvalue weighted by Gasteiger charge is -2.30. The Hall–Kier alpha value is -2.44. The first-order chi connectivity index (χ1) is 9.22. The van der Waals surface area contributed by atoms with Gasteiger partial charge in [-0.3, -0.25) is 0 Å². The van der Waals surface area contributed by atoms with Crippen molar-refractivity contribution in [1.29, 1.82) is 10.5 Å². The Morgan fingerprint density at radius 2 is 2.00 bits per heavy atom. The van der Waals surface area contributed by atoms with Crippen LogP contribution in [0.4, 0.5) is 5.69 Å². The zero-order valence-electron chi connectivity index (χ0n) is 10.5. The fourth-order valence-corrected chi connectivity index (χ4v) is 2.10. The molecule has 6 nitrogen and oxygen atoms in total. The van der Waals surface area contributed by atoms with E-state index in [1.54, 1.807) is 0 Å². The Labute approximate surface area is 111 Å². The predicted octanol–water partition coefficient (Wildman–Crippen LogP) is 0.981. The number of anilines is 1. The summed E-state index contributed by atoms with van der Waals surface area (Å²) in [6.45, 7) is 2.22. The maximum Gasteiger partial charge on any atom is 0.178 e. The number of nitriles is 2. The summed E-state index contributed by atoms with van der Waals surface area (Å²) >= 11 is 0. The summed E-state index contributed by atoms with van der Waals surface area (Å²) < 4.78 is 10.2. The van der Waals surface area contributed by atoms with Crippen molar-refractivity contribution in [3.8, 4) is 23.6 Å². The van der Waals surface area contributed by atoms with Gasteiger partial charge in [-0.2, -0.15) is 10.5 Å². The first kappa shape index (κ1) is 13.0. The monoisotopic (exact) mass is 259 g/mol. The van der Waals surface area contributed by atoms with Crippen molar-refractivity contribution in [3.05, 3.63) is 17.2 Å². The van der Waals surface area contributed by atoms with Gasteiger partial charge in [0.1, 0.15) is 17.7 Å². The molecule has 0 radical (unpaired) electrons. The van der Waals surface area contributed by atoms with Gasteiger partial charge in [-0.1, -0.05) is 0 Å². The molecule has 19 heavy (non-hydrogen) atoms. The van der Waals surface area contributed by atoms with Gasteiger partial charge in [0.2, 0.25) is 0 Å². The van der Waals surface area contributed by atoms with Crippen LogP contribution in [0.15, 0.2) is 6.07 Å². The Morgan fingerprint density at radius 3 is 2.53 bits per heavy atom. The number of methoxy groups -OCH3 is 1. The van der Waals surface area contributed by atoms with Crippen LogP contribution in [0.5, 0.6) is 11.5 Å². The molecule has 0 unspecified atom stereocenters. The van der Waals surface area contributed by atoms with Crippen LogP contribution in [-0.2, 0) is 4.74 Å². The minimum atomic E-state index is -0.231. The van der Waals surface area contributed by atoms with E-state index in [9.17, 15) is 15.6 Å². The van der Waals surface area contributed by atoms with Crippen LogP contribution in [-0.4, -0.2) is 38.5 Å². The molecule has 0 amide bonds. The van der Waals surface area contributed by atoms with Gasteiger partial charge < -0.3 is 19.5 Å². The van der Waals surface area contributed by atoms with Gasteiger partial charge in [-0.15, -0.1) is 0 Å². The zero-order chi connectivity index (χ0) is 13.8. The van der Waals surface area contributed by atoms with E-state index in [4.69, 9.17) is 9.47 Å². The van der Waals surface area contributed by atoms with E-state index in [0.717, 1.165) is 0 Å². The normalized spacial score (nSPS) is 14.6. The standard InChI is InChI=1S/C13H13N3O3/c1-18-11-6-9(7-14)12(10(8-15)13(11)17)16-2-4-19-5-3-16/h6,17H,2-5H2,1H3. The molecule has 2 rings (SSSR count). The molecule has 0 saturated carbocycles. The van der Waals surface area contributed by atoms with Crippen LogP contribution in [0.1, 0.15) is 11.1 Å². The third-order valence-corrected chi connectivity index (χ3v) is 3.02. The Balaban J connectivity index is 2.61. The molecule has 1 aliphatic rings. The largest absolute Gasteiger partial charge is 0.503 e. The van der Waals surface area contributed by atoms with Gasteiger partial charge in [0.25, 0.3) is 0 Å². The molecule has 0 atom stereocenters. The molecular weight excluding hydrogens is 246 g/mol. The summed E-state index contributed by atoms with van der Waals surface area (Å²) in [5, 5.41) is 28.5. The highest BCUT2D eigenvalue weighted by molar-refractivity contribution is 5.75. The first-order valence-electron chi connectivity index (χ1n) is 5.79. The van der Waals surface area contributed by atoms with Gasteiger partial charge >= 0.3 is 0 Å². The lowest BCUT2D eigenvalue weighted by atomic mass is 10.0. The van der Waals surface area contributed by atoms with Crippen LogP contribution in [0.3, 0.4) is 0 Å². The highest BCUT2D eigenvalue weighted by Crippen LogP contribution is 2.39. The summed E-state index contributed by atoms with van der Waals surface area (Å²) in [5.41, 5.74) is 0.831. The van der Waals surface area contributed by atoms with Crippen molar-refractivity contribution in [2.45, 2.75) is 0 Å². The molecule has 6 heteroatoms. The molecule has 1 aromatic carbocycles. The number of aromatic hydroxyl groups is 1. The predicted molar refractivity (Wildman–Crippen MR) is 67.1 cm³/mol. The summed E-state index contributed by atoms with van der Waals surface area (Å²) in [4.78, 5) is 1.87. The minimum Gasteiger partial charge on any atom is -0.503 e. The van der Waals surface area contributed by atoms with E-state index in [-0.39, 0.29) is 17.1 Å². The molecule has 0 bridgehead atoms. The molecule has 1 heterocycles. The van der Waals surface area contributed by atoms with Gasteiger partial charge in [0.15, 0.2) is 11.5 Å². The molecule has 98 valence electrons. The lowest BCUT2D eigenvalue weighted by Crippen LogP contribution is -2.37. The highest BCUT2D eigenvalue weighted by Gasteiger charge is 2.24. The van der Waals surface area contributed by atoms with E-state index >= 15 is 0 Å². The Bertz CT molecular complexity index is 566. The molecule has 1 aliphatic heterocycles. The molecule has 1 aromatic rings. The van der Waals surface area contributed by atoms with Crippen molar-refractivity contribution < 1.29 is 14.6 Å². The van der Waals surface area contributed by atoms with Crippen LogP contribution >= 0.6 is 0 Å². The fraction of sp³-hybridized carbons (Fsp3) is 0.385. The summed E-state index contributed by atoms with van der Waals surface area (Å²) in [7, 11) is 1.38. The molecule has 0 spiro atoms. The quantitative estimate of drug-likeness (QED) is 0.851. The van der Waals surface area contributed by atoms with E-state index in [0.29, 0.717) is 37.6 Å². The van der Waals surface area contributed by atoms with Crippen molar-refractivity contribution in [1.82, 2.24) is 0 Å². The van der Waals surface area contributed by atoms with Crippen molar-refractivity contribution >= 4 is 5.69 Å². The summed E-state index contributed by atoms with van der Waals surface area (Å²) in [6.07, 6.45) is 0. The summed E-state index contributed by atoms with van der Waals surface area (Å²) in [5.74, 6) is -0.101. The third-order valence-electron chi connectivity index (χ3n) is 3.02. The Kier molecular flexibility index (Phi) is 3.74. The molecule has 1 N–H and O–H groups in total. The van der Waals surface area contributed by atoms with E-state index < -0.39 is 0 Å². The number of phenolic OH excluding ortho intramolecular Hbond substituents is 1. The van der Waals surface area contributed by atoms with E-state index in [1.807, 2.05) is 17.0 Å². The van der Waals surface area contributed by atoms with Gasteiger partial charge in [0.05, 0.1) is 31.6 Å². The number of nitrogens with zero attached hydrogens (tertiary/aromatic N) is 3. The third kappa shape index (κ3) is 2.26. The van der Waals surface area contributed by atoms with Crippen molar-refractivity contribution in [2.24, 2.45) is 0 Å². The van der Waals surface area contributed by atoms with E-state index in [2.05, 4.69) is 0 Å². The number of phenols is 1. The minimum absolute atomic E-state index is 0.0674. The van der Waals surface area contributed by atoms with Gasteiger partial charge in [-0.25, -0.2) is 0 Å². The lowest BCUT2D eigenvalue weighted by molar-refractivity contribution is 0.122. The van der Waals surface area contributed by atoms with Gasteiger partial charge in [0, 0.05) is 19.2 Å². The number of benzene rings is 1. The molecule has 0 aromatic heterocycles. The van der Waals surface area contributed by atoms with Crippen molar-refractivity contribution in [2.75, 3.05) is 38.3 Å². The van der Waals surface area contributed by atoms with Crippen molar-refractivity contribution in [3.63, 3.8) is 0 Å². The first-order valence-corrected chi connectivity index (χ1v) is 5.79. The molecular formula is C13H13N3O3. The van der Waals surface area contributed by atoms with Crippen LogP contribution in [0.2, 0.25) is 0 Å². The van der Waals surface area contributed by atoms with Crippen LogP contribution in [0.25, 0.3) is 0 Å². The second-order valence-corrected chi connectivity index (χ2v) is 4.02. The highest BCUT2D eigenvalue weighted by atomic mass is 16.5. The Morgan fingerprint density at radius 1 is 1.32 bits per heavy atom. The van der Waals surface area contributed by atoms with Gasteiger partial charge in [-0.05, 0) is 0 Å². The van der Waals surface area contributed by atoms with Crippen LogP contribution in [0, 0.1) is 22.7 Å². The topological polar surface area (TPSA) is 89.5 Å². The second-order valence-electron chi connectivity index (χ2n) is 4.02. The number of hydrogen-bond acceptors (Lipinski definition) is 6. The number of hydrogen-bond donors (Lipinski definition) is 1. The molecule has 1 saturated heterocycles. The maximum absolute atomic E-state index is 10.0. The number of ether oxygens (including phenoxy) is 2. The average molecular weight is 259 g/mol. The zero-order valence-corrected chi connectivity index (χ0v) is 10.5. The smallest absolute Gasteiger partial charge is 0.178 e. The second kappa shape index (κ2) is 5.47. The summed E-state index contributed by atoms with van der Waals surface area (Å²) in [6, 6.07) is 5.44. The molecule has 0 aliphatic carbocycles. The number of rotatable bonds is 2. The van der Waals surface area contributed by atoms with E-state index in [1.165, 1.54) is 13.2 Å². The van der Waals surface area contributed by atoms with Crippen LogP contribution < -0.4 is 9.64 Å². The average Bonchev–Trinajstić information content (AvgIpc) is 2.47. The maximum atomic E-state index is 10.0. The SMILES string of the molecule is COc1cc(C#N)c(N2CCOCC2)c(C#N)c1O. The fourth-order valence-electron chi connectivity index (χ4n) is 2.10. The molecule has 1 fully saturated rings.